The first-order valence-corrected chi connectivity index (χ1v) is 16.9. The molecule has 1 N–H and O–H groups in total. The molecule has 0 radical (unpaired) electrons. The van der Waals surface area contributed by atoms with Crippen LogP contribution in [0.15, 0.2) is 36.0 Å². The van der Waals surface area contributed by atoms with Crippen molar-refractivity contribution in [2.75, 3.05) is 19.6 Å². The maximum Gasteiger partial charge on any atom is 0.317 e. The van der Waals surface area contributed by atoms with Crippen molar-refractivity contribution in [2.24, 2.45) is 11.8 Å². The van der Waals surface area contributed by atoms with Crippen LogP contribution in [-0.4, -0.2) is 67.1 Å². The van der Waals surface area contributed by atoms with E-state index >= 15 is 0 Å². The van der Waals surface area contributed by atoms with Gasteiger partial charge in [-0.2, -0.15) is 0 Å². The van der Waals surface area contributed by atoms with E-state index < -0.39 is 0 Å². The molecule has 7 atom stereocenters. The number of hydrogen-bond acceptors (Lipinski definition) is 5. The zero-order chi connectivity index (χ0) is 29.7. The van der Waals surface area contributed by atoms with Crippen LogP contribution < -0.4 is 5.32 Å². The summed E-state index contributed by atoms with van der Waals surface area (Å²) < 4.78 is 19.1. The molecule has 7 unspecified atom stereocenters. The zero-order valence-corrected chi connectivity index (χ0v) is 26.4. The average Bonchev–Trinajstić information content (AvgIpc) is 2.98. The first-order chi connectivity index (χ1) is 20.4. The van der Waals surface area contributed by atoms with Gasteiger partial charge in [-0.05, 0) is 96.0 Å². The van der Waals surface area contributed by atoms with Crippen LogP contribution in [-0.2, 0) is 19.0 Å². The first-order valence-electron chi connectivity index (χ1n) is 16.9. The Morgan fingerprint density at radius 2 is 1.67 bits per heavy atom. The number of rotatable bonds is 6. The van der Waals surface area contributed by atoms with E-state index in [1.165, 1.54) is 18.4 Å². The average molecular weight is 585 g/mol. The van der Waals surface area contributed by atoms with Crippen molar-refractivity contribution in [1.82, 2.24) is 10.2 Å². The third-order valence-electron chi connectivity index (χ3n) is 9.34. The summed E-state index contributed by atoms with van der Waals surface area (Å²) in [5.41, 5.74) is 1.37. The van der Waals surface area contributed by atoms with E-state index in [4.69, 9.17) is 14.2 Å². The Hall–Kier alpha value is -2.12. The van der Waals surface area contributed by atoms with Gasteiger partial charge in [0.1, 0.15) is 6.10 Å². The summed E-state index contributed by atoms with van der Waals surface area (Å²) in [6, 6.07) is 0.0720. The highest BCUT2D eigenvalue weighted by atomic mass is 16.5. The molecule has 4 aliphatic rings. The Kier molecular flexibility index (Phi) is 13.5. The topological polar surface area (TPSA) is 77.1 Å². The lowest BCUT2D eigenvalue weighted by Gasteiger charge is -2.37. The highest BCUT2D eigenvalue weighted by molar-refractivity contribution is 5.74. The largest absolute Gasteiger partial charge is 0.457 e. The van der Waals surface area contributed by atoms with E-state index in [9.17, 15) is 9.59 Å². The molecule has 0 aromatic carbocycles. The molecule has 7 heteroatoms. The molecule has 4 aliphatic heterocycles. The summed E-state index contributed by atoms with van der Waals surface area (Å²) >= 11 is 0. The van der Waals surface area contributed by atoms with Crippen molar-refractivity contribution in [3.8, 4) is 0 Å². The van der Waals surface area contributed by atoms with E-state index in [2.05, 4.69) is 56.5 Å². The summed E-state index contributed by atoms with van der Waals surface area (Å²) in [5.74, 6) is 0.269. The van der Waals surface area contributed by atoms with Gasteiger partial charge >= 0.3 is 12.0 Å². The number of urea groups is 1. The Morgan fingerprint density at radius 3 is 2.45 bits per heavy atom. The second kappa shape index (κ2) is 17.2. The number of esters is 1. The summed E-state index contributed by atoms with van der Waals surface area (Å²) in [4.78, 5) is 27.4. The van der Waals surface area contributed by atoms with Gasteiger partial charge in [0.2, 0.25) is 0 Å². The van der Waals surface area contributed by atoms with Crippen LogP contribution in [0, 0.1) is 11.8 Å². The number of fused-ring (bicyclic) bond motifs is 4. The van der Waals surface area contributed by atoms with Crippen molar-refractivity contribution in [2.45, 2.75) is 141 Å². The molecule has 3 saturated heterocycles. The predicted molar refractivity (Wildman–Crippen MR) is 167 cm³/mol. The fraction of sp³-hybridized carbons (Fsp3) is 0.771. The van der Waals surface area contributed by atoms with Crippen molar-refractivity contribution >= 4 is 12.0 Å². The van der Waals surface area contributed by atoms with Gasteiger partial charge in [-0.1, -0.05) is 43.7 Å². The van der Waals surface area contributed by atoms with Crippen molar-refractivity contribution in [3.05, 3.63) is 36.0 Å². The number of likely N-dealkylation sites (tertiary alicyclic amines) is 1. The Bertz CT molecular complexity index is 940. The second-order valence-corrected chi connectivity index (χ2v) is 13.1. The number of nitrogens with one attached hydrogen (secondary N) is 1. The van der Waals surface area contributed by atoms with E-state index in [1.807, 2.05) is 4.90 Å². The summed E-state index contributed by atoms with van der Waals surface area (Å²) in [5, 5.41) is 3.06. The van der Waals surface area contributed by atoms with Crippen LogP contribution in [0.5, 0.6) is 0 Å². The minimum absolute atomic E-state index is 0.0653. The molecule has 4 bridgehead atoms. The summed E-state index contributed by atoms with van der Waals surface area (Å²) in [6.07, 6.45) is 24.6. The van der Waals surface area contributed by atoms with Crippen LogP contribution in [0.3, 0.4) is 0 Å². The highest BCUT2D eigenvalue weighted by Crippen LogP contribution is 2.33. The fourth-order valence-electron chi connectivity index (χ4n) is 6.85. The Morgan fingerprint density at radius 1 is 0.929 bits per heavy atom. The molecule has 2 amide bonds. The zero-order valence-electron chi connectivity index (χ0n) is 26.4. The predicted octanol–water partition coefficient (Wildman–Crippen LogP) is 7.26. The van der Waals surface area contributed by atoms with E-state index in [-0.39, 0.29) is 48.8 Å². The molecule has 7 nitrogen and oxygen atoms in total. The second-order valence-electron chi connectivity index (χ2n) is 13.1. The van der Waals surface area contributed by atoms with Crippen molar-refractivity contribution in [1.29, 1.82) is 0 Å². The van der Waals surface area contributed by atoms with Crippen LogP contribution in [0.2, 0.25) is 0 Å². The minimum Gasteiger partial charge on any atom is -0.457 e. The summed E-state index contributed by atoms with van der Waals surface area (Å²) in [6.45, 7) is 8.92. The molecule has 0 aliphatic carbocycles. The smallest absolute Gasteiger partial charge is 0.317 e. The van der Waals surface area contributed by atoms with Crippen LogP contribution in [0.1, 0.15) is 111 Å². The van der Waals surface area contributed by atoms with Crippen molar-refractivity contribution < 1.29 is 23.8 Å². The number of carbonyl (C=O) groups is 2. The fourth-order valence-corrected chi connectivity index (χ4v) is 6.85. The molecule has 236 valence electrons. The number of carbonyl (C=O) groups excluding carboxylic acids is 2. The first kappa shape index (κ1) is 32.8. The number of ether oxygens (including phenoxy) is 3. The lowest BCUT2D eigenvalue weighted by molar-refractivity contribution is -0.154. The number of allylic oxidation sites excluding steroid dienone is 3. The van der Waals surface area contributed by atoms with Crippen molar-refractivity contribution in [3.63, 3.8) is 0 Å². The van der Waals surface area contributed by atoms with Gasteiger partial charge < -0.3 is 24.4 Å². The lowest BCUT2D eigenvalue weighted by Crippen LogP contribution is -2.43. The normalized spacial score (nSPS) is 35.1. The van der Waals surface area contributed by atoms with Gasteiger partial charge in [0.05, 0.1) is 30.8 Å². The Labute approximate surface area is 254 Å². The van der Waals surface area contributed by atoms with Gasteiger partial charge in [-0.3, -0.25) is 4.79 Å². The number of cyclic esters (lactones) is 1. The van der Waals surface area contributed by atoms with Crippen LogP contribution in [0.25, 0.3) is 0 Å². The van der Waals surface area contributed by atoms with Crippen LogP contribution in [0.4, 0.5) is 4.79 Å². The number of hydrogen-bond donors (Lipinski definition) is 1. The molecule has 4 rings (SSSR count). The number of unbranched alkanes of at least 4 members (excludes halogenated alkanes) is 2. The maximum atomic E-state index is 13.2. The Balaban J connectivity index is 1.33. The van der Waals surface area contributed by atoms with E-state index in [0.717, 1.165) is 83.7 Å². The minimum atomic E-state index is -0.316. The monoisotopic (exact) mass is 584 g/mol. The number of piperidine rings is 1. The quantitative estimate of drug-likeness (QED) is 0.202. The summed E-state index contributed by atoms with van der Waals surface area (Å²) in [7, 11) is 0. The van der Waals surface area contributed by atoms with Gasteiger partial charge in [-0.25, -0.2) is 4.79 Å². The van der Waals surface area contributed by atoms with Gasteiger partial charge in [0.15, 0.2) is 0 Å². The molecule has 42 heavy (non-hydrogen) atoms. The molecule has 4 heterocycles. The lowest BCUT2D eigenvalue weighted by atomic mass is 9.90. The maximum absolute atomic E-state index is 13.2. The molecule has 3 fully saturated rings. The van der Waals surface area contributed by atoms with E-state index in [1.54, 1.807) is 0 Å². The molecule has 0 aromatic rings. The highest BCUT2D eigenvalue weighted by Gasteiger charge is 2.32. The molecule has 0 spiro atoms. The third-order valence-corrected chi connectivity index (χ3v) is 9.34. The van der Waals surface area contributed by atoms with E-state index in [0.29, 0.717) is 18.6 Å². The number of amides is 2. The third kappa shape index (κ3) is 10.9. The molecule has 0 aromatic heterocycles. The van der Waals surface area contributed by atoms with Gasteiger partial charge in [0.25, 0.3) is 0 Å². The SMILES string of the molecule is C/C=C1\CC2CC(=O)OC(/C=C/CCCCNC(=O)N3CCCCC3)C(C)/C=C/C(C)CC3CCCC(CC(C1)O2)O3. The number of nitrogens with zero attached hydrogens (tertiary/aromatic N) is 1. The van der Waals surface area contributed by atoms with Crippen LogP contribution >= 0.6 is 0 Å². The van der Waals surface area contributed by atoms with Gasteiger partial charge in [0, 0.05) is 32.0 Å². The standard InChI is InChI=1S/C35H56N2O5/c1-4-28-22-31-24-30-14-12-13-29(40-30)21-26(2)16-17-27(3)33(42-34(38)25-32(23-28)41-31)15-8-5-6-9-18-36-35(39)37-19-10-7-11-20-37/h4,8,15-17,26-27,29-33H,5-7,9-14,18-25H2,1-3H3,(H,36,39)/b15-8+,17-16+,28-4-. The molecule has 0 saturated carbocycles. The molecular weight excluding hydrogens is 528 g/mol. The molecular formula is C35H56N2O5. The van der Waals surface area contributed by atoms with Gasteiger partial charge in [-0.15, -0.1) is 0 Å².